The topological polar surface area (TPSA) is 84.2 Å². The Hall–Kier alpha value is -0.810. The predicted molar refractivity (Wildman–Crippen MR) is 78.0 cm³/mol. The van der Waals surface area contributed by atoms with Gasteiger partial charge in [-0.3, -0.25) is 9.59 Å². The third kappa shape index (κ3) is 6.25. The van der Waals surface area contributed by atoms with Crippen molar-refractivity contribution in [2.75, 3.05) is 13.1 Å². The van der Waals surface area contributed by atoms with E-state index < -0.39 is 0 Å². The van der Waals surface area contributed by atoms with Gasteiger partial charge in [-0.05, 0) is 30.6 Å². The summed E-state index contributed by atoms with van der Waals surface area (Å²) in [7, 11) is 0. The minimum absolute atomic E-state index is 0. The molecule has 5 nitrogen and oxygen atoms in total. The first-order chi connectivity index (χ1) is 8.34. The van der Waals surface area contributed by atoms with Crippen LogP contribution in [-0.2, 0) is 9.59 Å². The Bertz CT molecular complexity index is 321. The number of nitrogens with one attached hydrogen (secondary N) is 2. The molecular formula is C13H26ClN3O2. The molecule has 2 atom stereocenters. The molecule has 0 aromatic heterocycles. The number of halogens is 1. The number of hydrogen-bond acceptors (Lipinski definition) is 3. The van der Waals surface area contributed by atoms with Crippen LogP contribution < -0.4 is 16.4 Å². The zero-order chi connectivity index (χ0) is 13.8. The van der Waals surface area contributed by atoms with Crippen molar-refractivity contribution in [1.82, 2.24) is 10.6 Å². The molecule has 0 saturated heterocycles. The van der Waals surface area contributed by atoms with E-state index in [0.717, 1.165) is 19.3 Å². The summed E-state index contributed by atoms with van der Waals surface area (Å²) in [4.78, 5) is 22.6. The molecule has 0 aromatic carbocycles. The Morgan fingerprint density at radius 2 is 1.95 bits per heavy atom. The van der Waals surface area contributed by atoms with Crippen LogP contribution in [0.1, 0.15) is 40.0 Å². The maximum absolute atomic E-state index is 11.7. The lowest BCUT2D eigenvalue weighted by molar-refractivity contribution is -0.126. The molecule has 0 aliphatic heterocycles. The molecule has 1 aliphatic rings. The van der Waals surface area contributed by atoms with Crippen LogP contribution >= 0.6 is 12.4 Å². The first-order valence-corrected chi connectivity index (χ1v) is 6.60. The summed E-state index contributed by atoms with van der Waals surface area (Å²) in [6.45, 7) is 6.64. The maximum atomic E-state index is 11.7. The normalized spacial score (nSPS) is 25.1. The van der Waals surface area contributed by atoms with E-state index in [2.05, 4.69) is 31.4 Å². The van der Waals surface area contributed by atoms with Crippen molar-refractivity contribution < 1.29 is 9.59 Å². The monoisotopic (exact) mass is 291 g/mol. The smallest absolute Gasteiger partial charge is 0.239 e. The molecule has 0 aromatic rings. The van der Waals surface area contributed by atoms with Crippen LogP contribution in [0.2, 0.25) is 0 Å². The van der Waals surface area contributed by atoms with Gasteiger partial charge in [-0.2, -0.15) is 0 Å². The van der Waals surface area contributed by atoms with Crippen molar-refractivity contribution in [3.05, 3.63) is 0 Å². The van der Waals surface area contributed by atoms with Gasteiger partial charge in [-0.1, -0.05) is 20.8 Å². The van der Waals surface area contributed by atoms with Crippen LogP contribution in [0, 0.1) is 11.3 Å². The highest BCUT2D eigenvalue weighted by molar-refractivity contribution is 5.85. The van der Waals surface area contributed by atoms with Gasteiger partial charge in [0.15, 0.2) is 0 Å². The lowest BCUT2D eigenvalue weighted by Gasteiger charge is -2.39. The van der Waals surface area contributed by atoms with E-state index in [1.54, 1.807) is 0 Å². The van der Waals surface area contributed by atoms with E-state index in [1.165, 1.54) is 0 Å². The molecule has 0 radical (unpaired) electrons. The van der Waals surface area contributed by atoms with Crippen molar-refractivity contribution >= 4 is 24.2 Å². The summed E-state index contributed by atoms with van der Waals surface area (Å²) in [5.41, 5.74) is 5.52. The van der Waals surface area contributed by atoms with Gasteiger partial charge >= 0.3 is 0 Å². The van der Waals surface area contributed by atoms with Crippen molar-refractivity contribution in [2.45, 2.75) is 46.1 Å². The maximum Gasteiger partial charge on any atom is 0.239 e. The van der Waals surface area contributed by atoms with Crippen molar-refractivity contribution in [1.29, 1.82) is 0 Å². The van der Waals surface area contributed by atoms with Gasteiger partial charge in [0.25, 0.3) is 0 Å². The van der Waals surface area contributed by atoms with E-state index in [4.69, 9.17) is 5.73 Å². The van der Waals surface area contributed by atoms with Gasteiger partial charge in [0, 0.05) is 6.04 Å². The fourth-order valence-electron chi connectivity index (χ4n) is 2.67. The van der Waals surface area contributed by atoms with E-state index in [-0.39, 0.29) is 43.4 Å². The Morgan fingerprint density at radius 3 is 2.47 bits per heavy atom. The molecule has 1 saturated carbocycles. The van der Waals surface area contributed by atoms with Crippen LogP contribution in [0.5, 0.6) is 0 Å². The minimum atomic E-state index is -0.303. The lowest BCUT2D eigenvalue weighted by atomic mass is 9.70. The highest BCUT2D eigenvalue weighted by Gasteiger charge is 2.32. The first kappa shape index (κ1) is 18.2. The molecule has 112 valence electrons. The number of hydrogen-bond donors (Lipinski definition) is 3. The molecule has 0 spiro atoms. The fourth-order valence-corrected chi connectivity index (χ4v) is 2.67. The third-order valence-electron chi connectivity index (χ3n) is 3.67. The molecule has 0 bridgehead atoms. The van der Waals surface area contributed by atoms with Crippen LogP contribution in [0.4, 0.5) is 0 Å². The second kappa shape index (κ2) is 7.70. The van der Waals surface area contributed by atoms with Crippen molar-refractivity contribution in [3.63, 3.8) is 0 Å². The minimum Gasteiger partial charge on any atom is -0.352 e. The van der Waals surface area contributed by atoms with Crippen molar-refractivity contribution in [3.8, 4) is 0 Å². The van der Waals surface area contributed by atoms with Gasteiger partial charge < -0.3 is 16.4 Å². The molecular weight excluding hydrogens is 266 g/mol. The van der Waals surface area contributed by atoms with Crippen molar-refractivity contribution in [2.24, 2.45) is 17.1 Å². The summed E-state index contributed by atoms with van der Waals surface area (Å²) in [6.07, 6.45) is 3.25. The standard InChI is InChI=1S/C13H25N3O2.ClH/c1-9-6-13(2,3)5-4-10(9)16-12(18)8-15-11(17)7-14;/h9-10H,4-8,14H2,1-3H3,(H,15,17)(H,16,18);1H. The molecule has 0 heterocycles. The zero-order valence-corrected chi connectivity index (χ0v) is 12.8. The number of carbonyl (C=O) groups is 2. The lowest BCUT2D eigenvalue weighted by Crippen LogP contribution is -2.48. The van der Waals surface area contributed by atoms with Crippen LogP contribution in [0.15, 0.2) is 0 Å². The van der Waals surface area contributed by atoms with Gasteiger partial charge in [-0.15, -0.1) is 12.4 Å². The SMILES string of the molecule is CC1CC(C)(C)CCC1NC(=O)CNC(=O)CN.Cl. The second-order valence-electron chi connectivity index (χ2n) is 6.04. The van der Waals surface area contributed by atoms with Gasteiger partial charge in [0.1, 0.15) is 0 Å². The molecule has 1 aliphatic carbocycles. The molecule has 4 N–H and O–H groups in total. The van der Waals surface area contributed by atoms with Crippen LogP contribution in [-0.4, -0.2) is 30.9 Å². The summed E-state index contributed by atoms with van der Waals surface area (Å²) in [5.74, 6) is 0.0410. The number of rotatable bonds is 4. The molecule has 2 unspecified atom stereocenters. The average molecular weight is 292 g/mol. The molecule has 19 heavy (non-hydrogen) atoms. The first-order valence-electron chi connectivity index (χ1n) is 6.60. The third-order valence-corrected chi connectivity index (χ3v) is 3.67. The average Bonchev–Trinajstić information content (AvgIpc) is 2.29. The highest BCUT2D eigenvalue weighted by atomic mass is 35.5. The Balaban J connectivity index is 0.00000324. The van der Waals surface area contributed by atoms with Gasteiger partial charge in [0.2, 0.25) is 11.8 Å². The highest BCUT2D eigenvalue weighted by Crippen LogP contribution is 2.38. The molecule has 1 fully saturated rings. The Labute approximate surface area is 121 Å². The Morgan fingerprint density at radius 1 is 1.32 bits per heavy atom. The molecule has 1 rings (SSSR count). The van der Waals surface area contributed by atoms with E-state index in [9.17, 15) is 9.59 Å². The van der Waals surface area contributed by atoms with Crippen LogP contribution in [0.25, 0.3) is 0 Å². The fraction of sp³-hybridized carbons (Fsp3) is 0.846. The number of nitrogens with two attached hydrogens (primary N) is 1. The number of carbonyl (C=O) groups excluding carboxylic acids is 2. The zero-order valence-electron chi connectivity index (χ0n) is 12.0. The molecule has 2 amide bonds. The molecule has 6 heteroatoms. The van der Waals surface area contributed by atoms with Crippen LogP contribution in [0.3, 0.4) is 0 Å². The van der Waals surface area contributed by atoms with Gasteiger partial charge in [0.05, 0.1) is 13.1 Å². The predicted octanol–water partition coefficient (Wildman–Crippen LogP) is 0.814. The summed E-state index contributed by atoms with van der Waals surface area (Å²) in [6, 6.07) is 0.223. The van der Waals surface area contributed by atoms with E-state index in [1.807, 2.05) is 0 Å². The summed E-state index contributed by atoms with van der Waals surface area (Å²) < 4.78 is 0. The second-order valence-corrected chi connectivity index (χ2v) is 6.04. The van der Waals surface area contributed by atoms with Gasteiger partial charge in [-0.25, -0.2) is 0 Å². The van der Waals surface area contributed by atoms with E-state index in [0.29, 0.717) is 11.3 Å². The summed E-state index contributed by atoms with van der Waals surface area (Å²) in [5, 5.41) is 5.47. The quantitative estimate of drug-likeness (QED) is 0.717. The summed E-state index contributed by atoms with van der Waals surface area (Å²) >= 11 is 0. The largest absolute Gasteiger partial charge is 0.352 e. The Kier molecular flexibility index (Phi) is 7.37. The van der Waals surface area contributed by atoms with E-state index >= 15 is 0 Å². The number of amides is 2.